The van der Waals surface area contributed by atoms with Crippen molar-refractivity contribution in [2.24, 2.45) is 7.05 Å². The van der Waals surface area contributed by atoms with Crippen molar-refractivity contribution in [3.8, 4) is 0 Å². The molecule has 1 aromatic heterocycles. The molecule has 134 valence electrons. The van der Waals surface area contributed by atoms with Crippen molar-refractivity contribution >= 4 is 28.6 Å². The average molecular weight is 358 g/mol. The molecule has 0 N–H and O–H groups in total. The van der Waals surface area contributed by atoms with Gasteiger partial charge < -0.3 is 9.47 Å². The highest BCUT2D eigenvalue weighted by molar-refractivity contribution is 7.99. The van der Waals surface area contributed by atoms with Gasteiger partial charge in [0.2, 0.25) is 0 Å². The Morgan fingerprint density at radius 3 is 2.52 bits per heavy atom. The zero-order valence-electron chi connectivity index (χ0n) is 15.2. The van der Waals surface area contributed by atoms with E-state index >= 15 is 0 Å². The maximum atomic E-state index is 13.0. The first-order chi connectivity index (χ1) is 12.1. The molecule has 0 spiro atoms. The quantitative estimate of drug-likeness (QED) is 0.827. The van der Waals surface area contributed by atoms with Crippen LogP contribution >= 0.6 is 11.8 Å². The number of carbonyl (C=O) groups excluding carboxylic acids is 1. The zero-order valence-corrected chi connectivity index (χ0v) is 16.0. The molecule has 0 unspecified atom stereocenters. The Labute approximate surface area is 154 Å². The number of carbonyl (C=O) groups is 1. The van der Waals surface area contributed by atoms with Gasteiger partial charge >= 0.3 is 0 Å². The molecule has 2 saturated heterocycles. The third-order valence-electron chi connectivity index (χ3n) is 5.73. The van der Waals surface area contributed by atoms with E-state index in [-0.39, 0.29) is 5.91 Å². The molecule has 1 aromatic carbocycles. The average Bonchev–Trinajstić information content (AvgIpc) is 2.98. The predicted octanol–water partition coefficient (Wildman–Crippen LogP) is 3.14. The fourth-order valence-electron chi connectivity index (χ4n) is 4.21. The first-order valence-corrected chi connectivity index (χ1v) is 10.5. The first kappa shape index (κ1) is 17.0. The third-order valence-corrected chi connectivity index (χ3v) is 6.67. The van der Waals surface area contributed by atoms with E-state index in [0.717, 1.165) is 42.5 Å². The highest BCUT2D eigenvalue weighted by atomic mass is 32.2. The number of fused-ring (bicyclic) bond motifs is 1. The molecular formula is C20H27N3OS. The molecule has 4 nitrogen and oxygen atoms in total. The number of piperidine rings is 1. The van der Waals surface area contributed by atoms with Gasteiger partial charge in [0.25, 0.3) is 5.91 Å². The lowest BCUT2D eigenvalue weighted by Gasteiger charge is -2.40. The van der Waals surface area contributed by atoms with Gasteiger partial charge in [0, 0.05) is 61.7 Å². The number of hydrogen-bond donors (Lipinski definition) is 0. The van der Waals surface area contributed by atoms with Crippen LogP contribution in [0.2, 0.25) is 0 Å². The van der Waals surface area contributed by atoms with Crippen LogP contribution in [0.5, 0.6) is 0 Å². The van der Waals surface area contributed by atoms with Gasteiger partial charge in [0.05, 0.1) is 0 Å². The van der Waals surface area contributed by atoms with E-state index in [1.165, 1.54) is 30.2 Å². The fraction of sp³-hybridized carbons (Fsp3) is 0.550. The minimum absolute atomic E-state index is 0.184. The summed E-state index contributed by atoms with van der Waals surface area (Å²) in [5.74, 6) is 2.70. The molecule has 3 heterocycles. The van der Waals surface area contributed by atoms with E-state index in [1.807, 2.05) is 11.6 Å². The second-order valence-corrected chi connectivity index (χ2v) is 8.55. The molecule has 0 bridgehead atoms. The second kappa shape index (κ2) is 7.04. The summed E-state index contributed by atoms with van der Waals surface area (Å²) < 4.78 is 2.05. The van der Waals surface area contributed by atoms with Crippen molar-refractivity contribution in [3.05, 3.63) is 35.5 Å². The number of amides is 1. The van der Waals surface area contributed by atoms with Crippen LogP contribution in [-0.2, 0) is 7.05 Å². The predicted molar refractivity (Wildman–Crippen MR) is 105 cm³/mol. The van der Waals surface area contributed by atoms with Gasteiger partial charge in [-0.15, -0.1) is 0 Å². The molecule has 2 aliphatic rings. The third kappa shape index (κ3) is 3.32. The minimum atomic E-state index is 0.184. The molecule has 4 rings (SSSR count). The first-order valence-electron chi connectivity index (χ1n) is 9.30. The molecule has 0 aliphatic carbocycles. The van der Waals surface area contributed by atoms with E-state index < -0.39 is 0 Å². The second-order valence-electron chi connectivity index (χ2n) is 7.32. The molecule has 2 aromatic rings. The number of aromatic nitrogens is 1. The molecule has 0 saturated carbocycles. The number of hydrogen-bond acceptors (Lipinski definition) is 3. The summed E-state index contributed by atoms with van der Waals surface area (Å²) in [6.45, 7) is 6.29. The topological polar surface area (TPSA) is 28.5 Å². The van der Waals surface area contributed by atoms with E-state index in [0.29, 0.717) is 6.04 Å². The Hall–Kier alpha value is -1.46. The molecule has 2 fully saturated rings. The number of rotatable bonds is 2. The summed E-state index contributed by atoms with van der Waals surface area (Å²) in [5.41, 5.74) is 3.18. The van der Waals surface area contributed by atoms with E-state index in [9.17, 15) is 4.79 Å². The lowest BCUT2D eigenvalue weighted by Crippen LogP contribution is -2.49. The van der Waals surface area contributed by atoms with Crippen molar-refractivity contribution in [2.45, 2.75) is 25.8 Å². The van der Waals surface area contributed by atoms with Gasteiger partial charge in [-0.25, -0.2) is 0 Å². The zero-order chi connectivity index (χ0) is 17.4. The number of aryl methyl sites for hydroxylation is 2. The van der Waals surface area contributed by atoms with Gasteiger partial charge in [0.1, 0.15) is 5.69 Å². The van der Waals surface area contributed by atoms with Crippen molar-refractivity contribution in [1.82, 2.24) is 14.4 Å². The highest BCUT2D eigenvalue weighted by Crippen LogP contribution is 2.24. The molecule has 0 radical (unpaired) electrons. The van der Waals surface area contributed by atoms with Crippen LogP contribution in [0.3, 0.4) is 0 Å². The highest BCUT2D eigenvalue weighted by Gasteiger charge is 2.29. The van der Waals surface area contributed by atoms with Crippen molar-refractivity contribution in [3.63, 3.8) is 0 Å². The molecular weight excluding hydrogens is 330 g/mol. The van der Waals surface area contributed by atoms with Crippen LogP contribution < -0.4 is 0 Å². The molecule has 5 heteroatoms. The van der Waals surface area contributed by atoms with Gasteiger partial charge in [-0.05, 0) is 38.0 Å². The van der Waals surface area contributed by atoms with Crippen molar-refractivity contribution < 1.29 is 4.79 Å². The van der Waals surface area contributed by atoms with Gasteiger partial charge in [-0.3, -0.25) is 9.69 Å². The standard InChI is InChI=1S/C20H27N3OS/c1-15-3-4-18-16(13-15)14-19(21(18)2)20(24)23-7-5-17(6-8-23)22-9-11-25-12-10-22/h3-4,13-14,17H,5-12H2,1-2H3. The lowest BCUT2D eigenvalue weighted by atomic mass is 10.0. The summed E-state index contributed by atoms with van der Waals surface area (Å²) >= 11 is 2.06. The molecule has 0 atom stereocenters. The smallest absolute Gasteiger partial charge is 0.270 e. The summed E-state index contributed by atoms with van der Waals surface area (Å²) in [6.07, 6.45) is 2.22. The number of likely N-dealkylation sites (tertiary alicyclic amines) is 1. The maximum absolute atomic E-state index is 13.0. The van der Waals surface area contributed by atoms with Crippen LogP contribution in [0.15, 0.2) is 24.3 Å². The maximum Gasteiger partial charge on any atom is 0.270 e. The van der Waals surface area contributed by atoms with E-state index in [2.05, 4.69) is 52.8 Å². The monoisotopic (exact) mass is 357 g/mol. The Balaban J connectivity index is 1.46. The van der Waals surface area contributed by atoms with E-state index in [4.69, 9.17) is 0 Å². The molecule has 1 amide bonds. The van der Waals surface area contributed by atoms with Crippen LogP contribution in [0.25, 0.3) is 10.9 Å². The van der Waals surface area contributed by atoms with Crippen LogP contribution in [0.4, 0.5) is 0 Å². The summed E-state index contributed by atoms with van der Waals surface area (Å²) in [5, 5.41) is 1.16. The summed E-state index contributed by atoms with van der Waals surface area (Å²) in [4.78, 5) is 17.7. The fourth-order valence-corrected chi connectivity index (χ4v) is 5.14. The minimum Gasteiger partial charge on any atom is -0.340 e. The van der Waals surface area contributed by atoms with Crippen molar-refractivity contribution in [1.29, 1.82) is 0 Å². The number of nitrogens with zero attached hydrogens (tertiary/aromatic N) is 3. The van der Waals surface area contributed by atoms with E-state index in [1.54, 1.807) is 0 Å². The number of thioether (sulfide) groups is 1. The van der Waals surface area contributed by atoms with Gasteiger partial charge in [-0.2, -0.15) is 11.8 Å². The number of benzene rings is 1. The Bertz CT molecular complexity index is 771. The van der Waals surface area contributed by atoms with Crippen LogP contribution in [0, 0.1) is 6.92 Å². The molecule has 25 heavy (non-hydrogen) atoms. The van der Waals surface area contributed by atoms with Crippen LogP contribution in [0.1, 0.15) is 28.9 Å². The van der Waals surface area contributed by atoms with Crippen LogP contribution in [-0.4, -0.2) is 64.0 Å². The van der Waals surface area contributed by atoms with Crippen molar-refractivity contribution in [2.75, 3.05) is 37.7 Å². The Morgan fingerprint density at radius 1 is 1.08 bits per heavy atom. The Kier molecular flexibility index (Phi) is 4.78. The largest absolute Gasteiger partial charge is 0.340 e. The summed E-state index contributed by atoms with van der Waals surface area (Å²) in [6, 6.07) is 9.10. The molecule has 2 aliphatic heterocycles. The SMILES string of the molecule is Cc1ccc2c(c1)cc(C(=O)N1CCC(N3CCSCC3)CC1)n2C. The Morgan fingerprint density at radius 2 is 1.80 bits per heavy atom. The summed E-state index contributed by atoms with van der Waals surface area (Å²) in [7, 11) is 2.00. The van der Waals surface area contributed by atoms with Gasteiger partial charge in [0.15, 0.2) is 0 Å². The van der Waals surface area contributed by atoms with Gasteiger partial charge in [-0.1, -0.05) is 11.6 Å². The lowest BCUT2D eigenvalue weighted by molar-refractivity contribution is 0.0622. The normalized spacial score (nSPS) is 20.3.